The number of rotatable bonds is 47. The van der Waals surface area contributed by atoms with Gasteiger partial charge in [-0.15, -0.1) is 0 Å². The van der Waals surface area contributed by atoms with Gasteiger partial charge in [0.25, 0.3) is 0 Å². The SMILES string of the molecule is CC/C=C\C/C=C\C/C=C\C/C=C\C/C=C\CC(=O)OC(COC(=O)CCCCCCC)COC(=O)CCCCCCCCCCCCCCCCCCCCCCCCCC. The molecule has 0 radical (unpaired) electrons. The predicted octanol–water partition coefficient (Wildman–Crippen LogP) is 17.3. The Balaban J connectivity index is 4.13. The molecule has 0 amide bonds. The van der Waals surface area contributed by atoms with E-state index in [9.17, 15) is 14.4 Å². The molecule has 6 heteroatoms. The van der Waals surface area contributed by atoms with Gasteiger partial charge in [0.2, 0.25) is 0 Å². The molecular weight excluding hydrogens is 769 g/mol. The van der Waals surface area contributed by atoms with Crippen molar-refractivity contribution >= 4 is 17.9 Å². The zero-order valence-electron chi connectivity index (χ0n) is 40.9. The fraction of sp³-hybridized carbons (Fsp3) is 0.768. The Labute approximate surface area is 383 Å². The Morgan fingerprint density at radius 2 is 0.613 bits per heavy atom. The van der Waals surface area contributed by atoms with E-state index in [2.05, 4.69) is 69.4 Å². The standard InChI is InChI=1S/C56H98O6/c1-4-7-10-13-15-17-19-21-23-24-25-26-27-28-29-30-31-33-34-36-38-40-43-46-49-55(58)61-52-53(51-60-54(57)48-45-42-12-9-6-3)62-56(59)50-47-44-41-39-37-35-32-22-20-18-16-14-11-8-5-2/h8,11,16,18,22,32,37,39,44,47,53H,4-7,9-10,12-15,17,19-21,23-31,33-36,38,40-43,45-46,48-52H2,1-3H3/b11-8-,18-16-,32-22-,39-37-,47-44-. The normalized spacial score (nSPS) is 12.5. The van der Waals surface area contributed by atoms with E-state index in [4.69, 9.17) is 14.2 Å². The Kier molecular flexibility index (Phi) is 48.4. The summed E-state index contributed by atoms with van der Waals surface area (Å²) in [5, 5.41) is 0. The first-order valence-electron chi connectivity index (χ1n) is 26.3. The summed E-state index contributed by atoms with van der Waals surface area (Å²) in [5.41, 5.74) is 0. The van der Waals surface area contributed by atoms with Crippen LogP contribution >= 0.6 is 0 Å². The van der Waals surface area contributed by atoms with Gasteiger partial charge in [0.05, 0.1) is 6.42 Å². The van der Waals surface area contributed by atoms with Gasteiger partial charge in [-0.25, -0.2) is 0 Å². The molecule has 358 valence electrons. The van der Waals surface area contributed by atoms with Crippen LogP contribution in [0.5, 0.6) is 0 Å². The van der Waals surface area contributed by atoms with E-state index in [0.29, 0.717) is 12.8 Å². The number of hydrogen-bond donors (Lipinski definition) is 0. The van der Waals surface area contributed by atoms with Crippen LogP contribution in [0.2, 0.25) is 0 Å². The zero-order chi connectivity index (χ0) is 45.1. The molecular formula is C56H98O6. The maximum atomic E-state index is 12.6. The predicted molar refractivity (Wildman–Crippen MR) is 265 cm³/mol. The van der Waals surface area contributed by atoms with Crippen LogP contribution < -0.4 is 0 Å². The molecule has 0 N–H and O–H groups in total. The topological polar surface area (TPSA) is 78.9 Å². The molecule has 0 spiro atoms. The van der Waals surface area contributed by atoms with Crippen molar-refractivity contribution in [3.63, 3.8) is 0 Å². The highest BCUT2D eigenvalue weighted by atomic mass is 16.6. The summed E-state index contributed by atoms with van der Waals surface area (Å²) < 4.78 is 16.5. The van der Waals surface area contributed by atoms with Gasteiger partial charge < -0.3 is 14.2 Å². The number of ether oxygens (including phenoxy) is 3. The summed E-state index contributed by atoms with van der Waals surface area (Å²) in [6, 6.07) is 0. The Morgan fingerprint density at radius 3 is 0.919 bits per heavy atom. The highest BCUT2D eigenvalue weighted by Crippen LogP contribution is 2.16. The van der Waals surface area contributed by atoms with Crippen LogP contribution in [0.4, 0.5) is 0 Å². The van der Waals surface area contributed by atoms with E-state index in [1.807, 2.05) is 6.08 Å². The Hall–Kier alpha value is -2.89. The van der Waals surface area contributed by atoms with Crippen molar-refractivity contribution in [1.29, 1.82) is 0 Å². The quantitative estimate of drug-likeness (QED) is 0.0262. The second-order valence-corrected chi connectivity index (χ2v) is 17.4. The van der Waals surface area contributed by atoms with Crippen LogP contribution in [0.3, 0.4) is 0 Å². The molecule has 0 heterocycles. The molecule has 0 aliphatic rings. The van der Waals surface area contributed by atoms with Crippen molar-refractivity contribution in [2.24, 2.45) is 0 Å². The van der Waals surface area contributed by atoms with Gasteiger partial charge in [0.15, 0.2) is 6.10 Å². The monoisotopic (exact) mass is 867 g/mol. The van der Waals surface area contributed by atoms with Crippen LogP contribution in [0, 0.1) is 0 Å². The van der Waals surface area contributed by atoms with Crippen LogP contribution in [-0.2, 0) is 28.6 Å². The first-order chi connectivity index (χ1) is 30.5. The third kappa shape index (κ3) is 48.1. The van der Waals surface area contributed by atoms with Crippen molar-refractivity contribution < 1.29 is 28.6 Å². The number of carbonyl (C=O) groups excluding carboxylic acids is 3. The summed E-state index contributed by atoms with van der Waals surface area (Å²) in [6.45, 7) is 6.37. The molecule has 0 aromatic rings. The van der Waals surface area contributed by atoms with Gasteiger partial charge in [0, 0.05) is 12.8 Å². The fourth-order valence-electron chi connectivity index (χ4n) is 7.40. The number of allylic oxidation sites excluding steroid dienone is 9. The molecule has 0 saturated carbocycles. The lowest BCUT2D eigenvalue weighted by atomic mass is 10.0. The molecule has 0 fully saturated rings. The minimum Gasteiger partial charge on any atom is -0.462 e. The second kappa shape index (κ2) is 50.8. The first kappa shape index (κ1) is 59.1. The number of carbonyl (C=O) groups is 3. The summed E-state index contributed by atoms with van der Waals surface area (Å²) in [7, 11) is 0. The van der Waals surface area contributed by atoms with Crippen LogP contribution in [0.15, 0.2) is 60.8 Å². The second-order valence-electron chi connectivity index (χ2n) is 17.4. The van der Waals surface area contributed by atoms with Gasteiger partial charge in [-0.3, -0.25) is 14.4 Å². The van der Waals surface area contributed by atoms with E-state index in [-0.39, 0.29) is 31.6 Å². The Morgan fingerprint density at radius 1 is 0.339 bits per heavy atom. The maximum Gasteiger partial charge on any atom is 0.310 e. The summed E-state index contributed by atoms with van der Waals surface area (Å²) in [6.07, 6.45) is 62.9. The first-order valence-corrected chi connectivity index (χ1v) is 26.3. The number of esters is 3. The zero-order valence-corrected chi connectivity index (χ0v) is 40.9. The number of hydrogen-bond acceptors (Lipinski definition) is 6. The molecule has 0 bridgehead atoms. The van der Waals surface area contributed by atoms with Gasteiger partial charge in [-0.2, -0.15) is 0 Å². The van der Waals surface area contributed by atoms with E-state index in [1.54, 1.807) is 6.08 Å². The molecule has 6 nitrogen and oxygen atoms in total. The van der Waals surface area contributed by atoms with E-state index in [0.717, 1.165) is 83.5 Å². The fourth-order valence-corrected chi connectivity index (χ4v) is 7.40. The highest BCUT2D eigenvalue weighted by Gasteiger charge is 2.19. The minimum absolute atomic E-state index is 0.100. The lowest BCUT2D eigenvalue weighted by molar-refractivity contribution is -0.166. The summed E-state index contributed by atoms with van der Waals surface area (Å²) >= 11 is 0. The lowest BCUT2D eigenvalue weighted by Gasteiger charge is -2.18. The van der Waals surface area contributed by atoms with Crippen molar-refractivity contribution in [1.82, 2.24) is 0 Å². The third-order valence-electron chi connectivity index (χ3n) is 11.3. The van der Waals surface area contributed by atoms with Crippen molar-refractivity contribution in [3.8, 4) is 0 Å². The van der Waals surface area contributed by atoms with Crippen LogP contribution in [-0.4, -0.2) is 37.2 Å². The molecule has 0 aliphatic carbocycles. The highest BCUT2D eigenvalue weighted by molar-refractivity contribution is 5.72. The van der Waals surface area contributed by atoms with Crippen molar-refractivity contribution in [2.75, 3.05) is 13.2 Å². The van der Waals surface area contributed by atoms with Crippen molar-refractivity contribution in [3.05, 3.63) is 60.8 Å². The molecule has 1 atom stereocenters. The molecule has 0 aromatic heterocycles. The van der Waals surface area contributed by atoms with E-state index < -0.39 is 12.1 Å². The molecule has 1 unspecified atom stereocenters. The van der Waals surface area contributed by atoms with Gasteiger partial charge in [-0.1, -0.05) is 255 Å². The average Bonchev–Trinajstić information content (AvgIpc) is 3.27. The third-order valence-corrected chi connectivity index (χ3v) is 11.3. The molecule has 0 aliphatic heterocycles. The van der Waals surface area contributed by atoms with E-state index >= 15 is 0 Å². The largest absolute Gasteiger partial charge is 0.462 e. The minimum atomic E-state index is -0.822. The van der Waals surface area contributed by atoms with Gasteiger partial charge >= 0.3 is 17.9 Å². The average molecular weight is 867 g/mol. The molecule has 0 aromatic carbocycles. The van der Waals surface area contributed by atoms with Crippen molar-refractivity contribution in [2.45, 2.75) is 264 Å². The molecule has 0 saturated heterocycles. The van der Waals surface area contributed by atoms with Gasteiger partial charge in [0.1, 0.15) is 13.2 Å². The summed E-state index contributed by atoms with van der Waals surface area (Å²) in [4.78, 5) is 37.6. The maximum absolute atomic E-state index is 12.6. The van der Waals surface area contributed by atoms with Crippen LogP contribution in [0.25, 0.3) is 0 Å². The molecule has 0 rings (SSSR count). The van der Waals surface area contributed by atoms with E-state index in [1.165, 1.54) is 135 Å². The van der Waals surface area contributed by atoms with Crippen LogP contribution in [0.1, 0.15) is 258 Å². The summed E-state index contributed by atoms with van der Waals surface area (Å²) in [5.74, 6) is -1.05. The lowest BCUT2D eigenvalue weighted by Crippen LogP contribution is -2.30. The Bertz CT molecular complexity index is 1130. The number of unbranched alkanes of at least 4 members (excludes halogenated alkanes) is 27. The molecule has 62 heavy (non-hydrogen) atoms. The smallest absolute Gasteiger partial charge is 0.310 e. The van der Waals surface area contributed by atoms with Gasteiger partial charge in [-0.05, 0) is 44.9 Å².